The normalized spacial score (nSPS) is 10.9. The van der Waals surface area contributed by atoms with Crippen LogP contribution < -0.4 is 10.5 Å². The summed E-state index contributed by atoms with van der Waals surface area (Å²) in [6.07, 6.45) is 3.10. The number of hydrogen-bond acceptors (Lipinski definition) is 3. The Balaban J connectivity index is 2.54. The van der Waals surface area contributed by atoms with E-state index < -0.39 is 0 Å². The summed E-state index contributed by atoms with van der Waals surface area (Å²) < 4.78 is 8.56. The van der Waals surface area contributed by atoms with Crippen LogP contribution in [0.5, 0.6) is 5.75 Å². The van der Waals surface area contributed by atoms with Crippen molar-refractivity contribution < 1.29 is 4.74 Å². The lowest BCUT2D eigenvalue weighted by Gasteiger charge is -2.09. The summed E-state index contributed by atoms with van der Waals surface area (Å²) in [5.74, 6) is 2.53. The average Bonchev–Trinajstić information content (AvgIpc) is 2.81. The van der Waals surface area contributed by atoms with Gasteiger partial charge in [-0.05, 0) is 24.6 Å². The van der Waals surface area contributed by atoms with Crippen molar-refractivity contribution in [1.82, 2.24) is 9.55 Å². The summed E-state index contributed by atoms with van der Waals surface area (Å²) in [6.45, 7) is 5.19. The number of aromatic nitrogens is 2. The van der Waals surface area contributed by atoms with Gasteiger partial charge in [0.05, 0.1) is 7.11 Å². The van der Waals surface area contributed by atoms with Gasteiger partial charge in [0.2, 0.25) is 0 Å². The zero-order chi connectivity index (χ0) is 15.4. The minimum Gasteiger partial charge on any atom is -0.496 e. The molecule has 2 N–H and O–H groups in total. The van der Waals surface area contributed by atoms with Crippen LogP contribution in [0.3, 0.4) is 0 Å². The molecule has 0 radical (unpaired) electrons. The molecule has 4 nitrogen and oxygen atoms in total. The van der Waals surface area contributed by atoms with E-state index in [2.05, 4.69) is 34.3 Å². The molecule has 2 aromatic rings. The van der Waals surface area contributed by atoms with Gasteiger partial charge in [0.15, 0.2) is 0 Å². The maximum atomic E-state index is 6.36. The first-order valence-corrected chi connectivity index (χ1v) is 8.10. The predicted octanol–water partition coefficient (Wildman–Crippen LogP) is 4.27. The first-order valence-electron chi connectivity index (χ1n) is 7.31. The van der Waals surface area contributed by atoms with Gasteiger partial charge in [-0.3, -0.25) is 0 Å². The van der Waals surface area contributed by atoms with E-state index in [1.807, 2.05) is 18.2 Å². The zero-order valence-corrected chi connectivity index (χ0v) is 14.4. The number of anilines is 1. The Labute approximate surface area is 134 Å². The van der Waals surface area contributed by atoms with E-state index in [9.17, 15) is 0 Å². The number of nitrogens with zero attached hydrogens (tertiary/aromatic N) is 2. The molecular formula is C16H22BrN3O. The molecule has 21 heavy (non-hydrogen) atoms. The molecule has 5 heteroatoms. The van der Waals surface area contributed by atoms with Crippen LogP contribution in [-0.4, -0.2) is 16.7 Å². The summed E-state index contributed by atoms with van der Waals surface area (Å²) >= 11 is 3.50. The van der Waals surface area contributed by atoms with Crippen LogP contribution in [0.25, 0.3) is 11.3 Å². The van der Waals surface area contributed by atoms with Crippen LogP contribution in [0.2, 0.25) is 0 Å². The van der Waals surface area contributed by atoms with Crippen LogP contribution >= 0.6 is 15.9 Å². The number of rotatable bonds is 6. The van der Waals surface area contributed by atoms with E-state index in [0.717, 1.165) is 58.9 Å². The average molecular weight is 352 g/mol. The number of ether oxygens (including phenoxy) is 1. The second-order valence-corrected chi connectivity index (χ2v) is 5.88. The lowest BCUT2D eigenvalue weighted by Crippen LogP contribution is -2.06. The smallest absolute Gasteiger partial charge is 0.131 e. The Bertz CT molecular complexity index is 622. The fourth-order valence-electron chi connectivity index (χ4n) is 2.41. The third-order valence-corrected chi connectivity index (χ3v) is 4.05. The Morgan fingerprint density at radius 1 is 1.33 bits per heavy atom. The molecule has 1 heterocycles. The number of nitrogen functional groups attached to an aromatic ring is 1. The van der Waals surface area contributed by atoms with Crippen molar-refractivity contribution in [3.8, 4) is 17.0 Å². The zero-order valence-electron chi connectivity index (χ0n) is 12.8. The highest BCUT2D eigenvalue weighted by Crippen LogP contribution is 2.36. The van der Waals surface area contributed by atoms with Crippen molar-refractivity contribution in [2.45, 2.75) is 39.7 Å². The number of imidazole rings is 1. The van der Waals surface area contributed by atoms with Gasteiger partial charge in [0.25, 0.3) is 0 Å². The summed E-state index contributed by atoms with van der Waals surface area (Å²) in [4.78, 5) is 4.74. The Kier molecular flexibility index (Phi) is 5.28. The van der Waals surface area contributed by atoms with Crippen LogP contribution in [0.1, 0.15) is 32.5 Å². The lowest BCUT2D eigenvalue weighted by atomic mass is 10.1. The SMILES string of the molecule is CCCCn1c(CC)nc(-c2cc(Br)ccc2OC)c1N. The standard InChI is InChI=1S/C16H22BrN3O/c1-4-6-9-20-14(5-2)19-15(16(20)18)12-10-11(17)7-8-13(12)21-3/h7-8,10H,4-6,9,18H2,1-3H3. The van der Waals surface area contributed by atoms with E-state index in [1.165, 1.54) is 0 Å². The summed E-state index contributed by atoms with van der Waals surface area (Å²) in [5.41, 5.74) is 8.09. The third-order valence-electron chi connectivity index (χ3n) is 3.55. The Hall–Kier alpha value is -1.49. The molecule has 0 saturated carbocycles. The predicted molar refractivity (Wildman–Crippen MR) is 90.6 cm³/mol. The fraction of sp³-hybridized carbons (Fsp3) is 0.438. The van der Waals surface area contributed by atoms with Gasteiger partial charge in [-0.2, -0.15) is 0 Å². The Morgan fingerprint density at radius 3 is 2.71 bits per heavy atom. The number of nitrogens with two attached hydrogens (primary N) is 1. The highest BCUT2D eigenvalue weighted by molar-refractivity contribution is 9.10. The topological polar surface area (TPSA) is 53.1 Å². The molecule has 0 amide bonds. The first kappa shape index (κ1) is 15.9. The van der Waals surface area contributed by atoms with E-state index in [1.54, 1.807) is 7.11 Å². The van der Waals surface area contributed by atoms with Crippen molar-refractivity contribution in [3.05, 3.63) is 28.5 Å². The molecule has 0 aliphatic carbocycles. The van der Waals surface area contributed by atoms with E-state index >= 15 is 0 Å². The number of benzene rings is 1. The van der Waals surface area contributed by atoms with Gasteiger partial charge in [-0.25, -0.2) is 4.98 Å². The van der Waals surface area contributed by atoms with Gasteiger partial charge in [0, 0.05) is 23.0 Å². The minimum absolute atomic E-state index is 0.719. The number of methoxy groups -OCH3 is 1. The first-order chi connectivity index (χ1) is 10.1. The van der Waals surface area contributed by atoms with Gasteiger partial charge in [-0.1, -0.05) is 36.2 Å². The van der Waals surface area contributed by atoms with Crippen molar-refractivity contribution in [2.24, 2.45) is 0 Å². The molecule has 2 rings (SSSR count). The molecule has 114 valence electrons. The number of aryl methyl sites for hydroxylation is 1. The van der Waals surface area contributed by atoms with Crippen molar-refractivity contribution in [3.63, 3.8) is 0 Å². The third kappa shape index (κ3) is 3.23. The molecule has 0 atom stereocenters. The number of halogens is 1. The highest BCUT2D eigenvalue weighted by atomic mass is 79.9. The van der Waals surface area contributed by atoms with Crippen molar-refractivity contribution >= 4 is 21.7 Å². The second kappa shape index (κ2) is 6.98. The molecule has 0 aliphatic heterocycles. The van der Waals surface area contributed by atoms with E-state index in [4.69, 9.17) is 15.5 Å². The molecule has 0 saturated heterocycles. The minimum atomic E-state index is 0.719. The van der Waals surface area contributed by atoms with Crippen LogP contribution in [0, 0.1) is 0 Å². The van der Waals surface area contributed by atoms with E-state index in [-0.39, 0.29) is 0 Å². The monoisotopic (exact) mass is 351 g/mol. The fourth-order valence-corrected chi connectivity index (χ4v) is 2.77. The summed E-state index contributed by atoms with van der Waals surface area (Å²) in [5, 5.41) is 0. The molecule has 0 unspecified atom stereocenters. The molecule has 1 aromatic carbocycles. The van der Waals surface area contributed by atoms with Crippen LogP contribution in [0.4, 0.5) is 5.82 Å². The van der Waals surface area contributed by atoms with Gasteiger partial charge >= 0.3 is 0 Å². The highest BCUT2D eigenvalue weighted by Gasteiger charge is 2.18. The largest absolute Gasteiger partial charge is 0.496 e. The summed E-state index contributed by atoms with van der Waals surface area (Å²) in [7, 11) is 1.66. The summed E-state index contributed by atoms with van der Waals surface area (Å²) in [6, 6.07) is 5.88. The van der Waals surface area contributed by atoms with Gasteiger partial charge in [-0.15, -0.1) is 0 Å². The quantitative estimate of drug-likeness (QED) is 0.845. The van der Waals surface area contributed by atoms with Gasteiger partial charge < -0.3 is 15.0 Å². The molecule has 0 aliphatic rings. The lowest BCUT2D eigenvalue weighted by molar-refractivity contribution is 0.416. The molecule has 0 bridgehead atoms. The maximum absolute atomic E-state index is 6.36. The Morgan fingerprint density at radius 2 is 2.10 bits per heavy atom. The second-order valence-electron chi connectivity index (χ2n) is 4.97. The van der Waals surface area contributed by atoms with Crippen molar-refractivity contribution in [2.75, 3.05) is 12.8 Å². The van der Waals surface area contributed by atoms with Gasteiger partial charge in [0.1, 0.15) is 23.1 Å². The molecular weight excluding hydrogens is 330 g/mol. The molecule has 1 aromatic heterocycles. The molecule has 0 spiro atoms. The van der Waals surface area contributed by atoms with E-state index in [0.29, 0.717) is 0 Å². The molecule has 0 fully saturated rings. The van der Waals surface area contributed by atoms with Crippen LogP contribution in [0.15, 0.2) is 22.7 Å². The number of unbranched alkanes of at least 4 members (excludes halogenated alkanes) is 1. The number of hydrogen-bond donors (Lipinski definition) is 1. The maximum Gasteiger partial charge on any atom is 0.131 e. The van der Waals surface area contributed by atoms with Crippen LogP contribution in [-0.2, 0) is 13.0 Å². The van der Waals surface area contributed by atoms with Crippen molar-refractivity contribution in [1.29, 1.82) is 0 Å².